The first-order valence-electron chi connectivity index (χ1n) is 10.9. The summed E-state index contributed by atoms with van der Waals surface area (Å²) in [7, 11) is 0. The van der Waals surface area contributed by atoms with Crippen LogP contribution in [0, 0.1) is 0 Å². The molecule has 1 N–H and O–H groups in total. The third kappa shape index (κ3) is 4.55. The van der Waals surface area contributed by atoms with Crippen LogP contribution in [0.4, 0.5) is 5.82 Å². The van der Waals surface area contributed by atoms with Crippen LogP contribution in [0.2, 0.25) is 4.34 Å². The molecule has 0 spiro atoms. The average Bonchev–Trinajstić information content (AvgIpc) is 3.64. The van der Waals surface area contributed by atoms with Gasteiger partial charge < -0.3 is 14.3 Å². The zero-order valence-electron chi connectivity index (χ0n) is 18.6. The van der Waals surface area contributed by atoms with Crippen molar-refractivity contribution in [2.75, 3.05) is 5.32 Å². The normalized spacial score (nSPS) is 11.0. The molecule has 0 radical (unpaired) electrons. The van der Waals surface area contributed by atoms with Crippen molar-refractivity contribution in [2.45, 2.75) is 20.0 Å². The number of pyridine rings is 2. The highest BCUT2D eigenvalue weighted by molar-refractivity contribution is 7.16. The van der Waals surface area contributed by atoms with Crippen LogP contribution in [0.15, 0.2) is 82.6 Å². The van der Waals surface area contributed by atoms with Crippen molar-refractivity contribution >= 4 is 34.7 Å². The fourth-order valence-electron chi connectivity index (χ4n) is 3.76. The van der Waals surface area contributed by atoms with Crippen LogP contribution >= 0.6 is 22.9 Å². The summed E-state index contributed by atoms with van der Waals surface area (Å²) in [6.07, 6.45) is 6.45. The lowest BCUT2D eigenvalue weighted by Crippen LogP contribution is -2.21. The molecule has 0 unspecified atom stereocenters. The fraction of sp³-hybridized carbons (Fsp3) is 0.120. The molecule has 0 amide bonds. The van der Waals surface area contributed by atoms with Gasteiger partial charge in [0.05, 0.1) is 28.4 Å². The van der Waals surface area contributed by atoms with E-state index in [9.17, 15) is 9.59 Å². The Kier molecular flexibility index (Phi) is 6.35. The van der Waals surface area contributed by atoms with Crippen molar-refractivity contribution in [3.8, 4) is 22.4 Å². The number of thiophene rings is 1. The second-order valence-corrected chi connectivity index (χ2v) is 9.40. The molecular formula is C25H20ClN5O3S. The second-order valence-electron chi connectivity index (χ2n) is 7.60. The number of rotatable bonds is 7. The van der Waals surface area contributed by atoms with Crippen LogP contribution < -0.4 is 10.9 Å². The van der Waals surface area contributed by atoms with E-state index in [4.69, 9.17) is 16.0 Å². The van der Waals surface area contributed by atoms with Gasteiger partial charge in [-0.3, -0.25) is 14.6 Å². The Balaban J connectivity index is 1.63. The van der Waals surface area contributed by atoms with Gasteiger partial charge in [-0.2, -0.15) is 9.78 Å². The number of aromatic nitrogens is 4. The van der Waals surface area contributed by atoms with Crippen LogP contribution in [0.5, 0.6) is 0 Å². The molecule has 35 heavy (non-hydrogen) atoms. The fourth-order valence-corrected chi connectivity index (χ4v) is 4.78. The van der Waals surface area contributed by atoms with Crippen LogP contribution in [0.1, 0.15) is 22.4 Å². The topological polar surface area (TPSA) is 95.0 Å². The molecule has 0 saturated heterocycles. The summed E-state index contributed by atoms with van der Waals surface area (Å²) in [5.41, 5.74) is 2.15. The highest BCUT2D eigenvalue weighted by atomic mass is 35.5. The predicted octanol–water partition coefficient (Wildman–Crippen LogP) is 5.40. The Bertz CT molecular complexity index is 1540. The quantitative estimate of drug-likeness (QED) is 0.318. The highest BCUT2D eigenvalue weighted by Crippen LogP contribution is 2.31. The maximum absolute atomic E-state index is 13.3. The van der Waals surface area contributed by atoms with Crippen molar-refractivity contribution in [2.24, 2.45) is 0 Å². The number of aryl methyl sites for hydroxylation is 1. The number of hydrogen-bond donors (Lipinski definition) is 1. The number of carbonyl (C=O) groups is 1. The Morgan fingerprint density at radius 1 is 1.17 bits per heavy atom. The standard InChI is InChI=1S/C25H20ClN5O3S/c1-2-30-12-9-18(23(25(30)33)16-7-10-27-11-8-16)19-14-22(28-15-17-5-6-21(26)35-17)31(29-19)24(32)20-4-3-13-34-20/h3-14,28H,2,15H2,1H3. The van der Waals surface area contributed by atoms with E-state index in [1.165, 1.54) is 22.3 Å². The van der Waals surface area contributed by atoms with Gasteiger partial charge >= 0.3 is 5.91 Å². The molecule has 0 aliphatic heterocycles. The molecule has 176 valence electrons. The van der Waals surface area contributed by atoms with Gasteiger partial charge in [-0.15, -0.1) is 11.3 Å². The van der Waals surface area contributed by atoms with Crippen molar-refractivity contribution < 1.29 is 9.21 Å². The van der Waals surface area contributed by atoms with Crippen LogP contribution in [-0.2, 0) is 13.1 Å². The minimum atomic E-state index is -0.430. The molecule has 5 aromatic heterocycles. The monoisotopic (exact) mass is 505 g/mol. The molecule has 0 aliphatic rings. The average molecular weight is 506 g/mol. The Labute approximate surface area is 209 Å². The van der Waals surface area contributed by atoms with Crippen LogP contribution in [0.25, 0.3) is 22.4 Å². The van der Waals surface area contributed by atoms with Crippen LogP contribution in [0.3, 0.4) is 0 Å². The van der Waals surface area contributed by atoms with Gasteiger partial charge in [0.25, 0.3) is 5.56 Å². The lowest BCUT2D eigenvalue weighted by Gasteiger charge is -2.10. The third-order valence-electron chi connectivity index (χ3n) is 5.46. The van der Waals surface area contributed by atoms with E-state index >= 15 is 0 Å². The van der Waals surface area contributed by atoms with Crippen molar-refractivity contribution in [1.29, 1.82) is 0 Å². The molecule has 0 saturated carbocycles. The molecule has 5 aromatic rings. The number of carbonyl (C=O) groups excluding carboxylic acids is 1. The number of anilines is 1. The van der Waals surface area contributed by atoms with E-state index in [0.29, 0.717) is 40.1 Å². The van der Waals surface area contributed by atoms with E-state index in [1.54, 1.807) is 53.5 Å². The maximum Gasteiger partial charge on any atom is 0.315 e. The van der Waals surface area contributed by atoms with E-state index < -0.39 is 5.91 Å². The Hall–Kier alpha value is -3.95. The minimum absolute atomic E-state index is 0.147. The largest absolute Gasteiger partial charge is 0.459 e. The summed E-state index contributed by atoms with van der Waals surface area (Å²) in [6, 6.07) is 14.1. The number of nitrogens with zero attached hydrogens (tertiary/aromatic N) is 4. The molecule has 0 bridgehead atoms. The summed E-state index contributed by atoms with van der Waals surface area (Å²) < 4.78 is 8.88. The number of hydrogen-bond acceptors (Lipinski definition) is 7. The van der Waals surface area contributed by atoms with Crippen molar-refractivity contribution in [3.63, 3.8) is 0 Å². The third-order valence-corrected chi connectivity index (χ3v) is 6.69. The summed E-state index contributed by atoms with van der Waals surface area (Å²) in [4.78, 5) is 31.6. The Morgan fingerprint density at radius 3 is 2.69 bits per heavy atom. The smallest absolute Gasteiger partial charge is 0.315 e. The molecule has 0 atom stereocenters. The SMILES string of the molecule is CCn1ccc(-c2cc(NCc3ccc(Cl)s3)n(C(=O)c3ccco3)n2)c(-c2ccncc2)c1=O. The summed E-state index contributed by atoms with van der Waals surface area (Å²) in [6.45, 7) is 2.88. The molecule has 10 heteroatoms. The molecule has 0 aliphatic carbocycles. The molecule has 5 heterocycles. The maximum atomic E-state index is 13.3. The molecule has 5 rings (SSSR count). The summed E-state index contributed by atoms with van der Waals surface area (Å²) >= 11 is 7.51. The van der Waals surface area contributed by atoms with Gasteiger partial charge in [0, 0.05) is 41.6 Å². The van der Waals surface area contributed by atoms with Gasteiger partial charge in [-0.25, -0.2) is 0 Å². The first-order chi connectivity index (χ1) is 17.0. The van der Waals surface area contributed by atoms with Crippen LogP contribution in [-0.4, -0.2) is 25.2 Å². The summed E-state index contributed by atoms with van der Waals surface area (Å²) in [5.74, 6) is 0.184. The minimum Gasteiger partial charge on any atom is -0.459 e. The van der Waals surface area contributed by atoms with Gasteiger partial charge in [0.2, 0.25) is 0 Å². The number of nitrogens with one attached hydrogen (secondary N) is 1. The van der Waals surface area contributed by atoms with Crippen molar-refractivity contribution in [3.05, 3.63) is 98.7 Å². The molecule has 0 aromatic carbocycles. The summed E-state index contributed by atoms with van der Waals surface area (Å²) in [5, 5.41) is 7.86. The first-order valence-corrected chi connectivity index (χ1v) is 12.0. The highest BCUT2D eigenvalue weighted by Gasteiger charge is 2.22. The molecular weight excluding hydrogens is 486 g/mol. The number of halogens is 1. The van der Waals surface area contributed by atoms with E-state index in [2.05, 4.69) is 15.4 Å². The van der Waals surface area contributed by atoms with E-state index in [1.807, 2.05) is 25.1 Å². The zero-order chi connectivity index (χ0) is 24.4. The number of furan rings is 1. The Morgan fingerprint density at radius 2 is 2.00 bits per heavy atom. The predicted molar refractivity (Wildman–Crippen MR) is 136 cm³/mol. The van der Waals surface area contributed by atoms with Gasteiger partial charge in [0.1, 0.15) is 5.82 Å². The second kappa shape index (κ2) is 9.73. The van der Waals surface area contributed by atoms with Gasteiger partial charge in [-0.05, 0) is 55.0 Å². The zero-order valence-corrected chi connectivity index (χ0v) is 20.2. The first kappa shape index (κ1) is 22.8. The van der Waals surface area contributed by atoms with Gasteiger partial charge in [-0.1, -0.05) is 11.6 Å². The molecule has 0 fully saturated rings. The van der Waals surface area contributed by atoms with E-state index in [-0.39, 0.29) is 11.3 Å². The van der Waals surface area contributed by atoms with Gasteiger partial charge in [0.15, 0.2) is 5.76 Å². The lowest BCUT2D eigenvalue weighted by molar-refractivity contribution is 0.0920. The molecule has 8 nitrogen and oxygen atoms in total. The van der Waals surface area contributed by atoms with E-state index in [0.717, 1.165) is 10.4 Å². The lowest BCUT2D eigenvalue weighted by atomic mass is 10.0. The van der Waals surface area contributed by atoms with Crippen molar-refractivity contribution in [1.82, 2.24) is 19.3 Å².